The molecule has 0 bridgehead atoms. The lowest BCUT2D eigenvalue weighted by Crippen LogP contribution is -2.36. The second-order valence-corrected chi connectivity index (χ2v) is 13.2. The fraction of sp³-hybridized carbons (Fsp3) is 0.682. The van der Waals surface area contributed by atoms with Gasteiger partial charge in [-0.2, -0.15) is 0 Å². The number of esters is 1. The largest absolute Gasteiger partial charge is 0.474 e. The Kier molecular flexibility index (Phi) is 10.6. The molecular weight excluding hydrogens is 340 g/mol. The Balaban J connectivity index is 2.45. The third-order valence-electron chi connectivity index (χ3n) is 4.70. The summed E-state index contributed by atoms with van der Waals surface area (Å²) in [5, 5.41) is 1.07. The Labute approximate surface area is 161 Å². The van der Waals surface area contributed by atoms with Crippen molar-refractivity contribution in [2.75, 3.05) is 7.11 Å². The van der Waals surface area contributed by atoms with Gasteiger partial charge in [0.1, 0.15) is 8.07 Å². The summed E-state index contributed by atoms with van der Waals surface area (Å²) in [7, 11) is -0.0102. The van der Waals surface area contributed by atoms with E-state index in [9.17, 15) is 4.79 Å². The van der Waals surface area contributed by atoms with Crippen molar-refractivity contribution in [3.05, 3.63) is 23.5 Å². The zero-order chi connectivity index (χ0) is 19.4. The van der Waals surface area contributed by atoms with Gasteiger partial charge in [0.15, 0.2) is 0 Å². The number of carbonyl (C=O) groups excluding carboxylic acids is 1. The average Bonchev–Trinajstić information content (AvgIpc) is 3.07. The maximum Gasteiger partial charge on any atom is 0.333 e. The highest BCUT2D eigenvalue weighted by atomic mass is 28.3. The normalized spacial score (nSPS) is 12.4. The van der Waals surface area contributed by atoms with Crippen molar-refractivity contribution in [2.24, 2.45) is 0 Å². The van der Waals surface area contributed by atoms with E-state index in [1.165, 1.54) is 58.5 Å². The highest BCUT2D eigenvalue weighted by Crippen LogP contribution is 2.18. The van der Waals surface area contributed by atoms with Crippen LogP contribution < -0.4 is 5.38 Å². The maximum atomic E-state index is 12.1. The Hall–Kier alpha value is -1.29. The Morgan fingerprint density at radius 3 is 2.12 bits per heavy atom. The lowest BCUT2D eigenvalue weighted by molar-refractivity contribution is -0.136. The molecule has 0 fully saturated rings. The smallest absolute Gasteiger partial charge is 0.333 e. The van der Waals surface area contributed by atoms with E-state index in [2.05, 4.69) is 32.6 Å². The number of rotatable bonds is 13. The molecule has 148 valence electrons. The van der Waals surface area contributed by atoms with Crippen LogP contribution in [0, 0.1) is 0 Å². The Morgan fingerprint density at radius 1 is 1.04 bits per heavy atom. The van der Waals surface area contributed by atoms with Gasteiger partial charge < -0.3 is 9.15 Å². The fourth-order valence-corrected chi connectivity index (χ4v) is 4.02. The molecule has 1 aromatic heterocycles. The lowest BCUT2D eigenvalue weighted by Gasteiger charge is -2.10. The fourth-order valence-electron chi connectivity index (χ4n) is 3.01. The van der Waals surface area contributed by atoms with Crippen LogP contribution in [0.25, 0.3) is 6.08 Å². The summed E-state index contributed by atoms with van der Waals surface area (Å²) in [6, 6.07) is 2.07. The van der Waals surface area contributed by atoms with Crippen LogP contribution in [0.15, 0.2) is 22.3 Å². The van der Waals surface area contributed by atoms with Crippen molar-refractivity contribution in [3.8, 4) is 0 Å². The van der Waals surface area contributed by atoms with E-state index in [0.717, 1.165) is 29.4 Å². The SMILES string of the molecule is CCCCCCCCCCCC(=Cc1coc([Si](C)(C)C)c1)C(=O)OC. The summed E-state index contributed by atoms with van der Waals surface area (Å²) in [6.07, 6.45) is 16.0. The first-order valence-corrected chi connectivity index (χ1v) is 13.8. The standard InChI is InChI=1S/C22H38O3Si/c1-6-7-8-9-10-11-12-13-14-15-20(22(23)24-2)16-19-17-21(25-18-19)26(3,4)5/h16-18H,6-15H2,1-5H3. The molecule has 0 aliphatic carbocycles. The predicted octanol–water partition coefficient (Wildman–Crippen LogP) is 6.30. The van der Waals surface area contributed by atoms with Gasteiger partial charge in [-0.1, -0.05) is 77.9 Å². The van der Waals surface area contributed by atoms with E-state index in [1.807, 2.05) is 6.08 Å². The summed E-state index contributed by atoms with van der Waals surface area (Å²) < 4.78 is 10.7. The molecule has 1 heterocycles. The van der Waals surface area contributed by atoms with Gasteiger partial charge in [-0.3, -0.25) is 0 Å². The summed E-state index contributed by atoms with van der Waals surface area (Å²) >= 11 is 0. The number of ether oxygens (including phenoxy) is 1. The molecule has 0 aromatic carbocycles. The van der Waals surface area contributed by atoms with E-state index in [0.29, 0.717) is 0 Å². The zero-order valence-corrected chi connectivity index (χ0v) is 18.5. The highest BCUT2D eigenvalue weighted by molar-refractivity contribution is 6.87. The number of hydrogen-bond acceptors (Lipinski definition) is 3. The second-order valence-electron chi connectivity index (χ2n) is 8.23. The van der Waals surface area contributed by atoms with E-state index >= 15 is 0 Å². The molecule has 0 atom stereocenters. The minimum Gasteiger partial charge on any atom is -0.474 e. The summed E-state index contributed by atoms with van der Waals surface area (Å²) in [5.74, 6) is -0.222. The maximum absolute atomic E-state index is 12.1. The summed E-state index contributed by atoms with van der Waals surface area (Å²) in [6.45, 7) is 9.01. The molecule has 4 heteroatoms. The number of hydrogen-bond donors (Lipinski definition) is 0. The molecule has 0 radical (unpaired) electrons. The van der Waals surface area contributed by atoms with Gasteiger partial charge in [-0.05, 0) is 25.0 Å². The van der Waals surface area contributed by atoms with Gasteiger partial charge in [-0.15, -0.1) is 0 Å². The van der Waals surface area contributed by atoms with Crippen molar-refractivity contribution < 1.29 is 13.9 Å². The van der Waals surface area contributed by atoms with Crippen LogP contribution in [0.3, 0.4) is 0 Å². The van der Waals surface area contributed by atoms with Crippen LogP contribution >= 0.6 is 0 Å². The molecule has 3 nitrogen and oxygen atoms in total. The Bertz CT molecular complexity index is 552. The van der Waals surface area contributed by atoms with E-state index in [-0.39, 0.29) is 5.97 Å². The topological polar surface area (TPSA) is 39.4 Å². The molecule has 0 spiro atoms. The number of unbranched alkanes of at least 4 members (excludes halogenated alkanes) is 8. The molecule has 1 aromatic rings. The van der Waals surface area contributed by atoms with Gasteiger partial charge in [0.2, 0.25) is 0 Å². The van der Waals surface area contributed by atoms with Crippen molar-refractivity contribution in [2.45, 2.75) is 90.8 Å². The quantitative estimate of drug-likeness (QED) is 0.175. The second kappa shape index (κ2) is 12.2. The first-order valence-electron chi connectivity index (χ1n) is 10.3. The third-order valence-corrected chi connectivity index (χ3v) is 6.44. The number of methoxy groups -OCH3 is 1. The molecule has 0 aliphatic heterocycles. The van der Waals surface area contributed by atoms with E-state index in [1.54, 1.807) is 6.26 Å². The highest BCUT2D eigenvalue weighted by Gasteiger charge is 2.21. The molecular formula is C22H38O3Si. The van der Waals surface area contributed by atoms with Crippen LogP contribution in [0.1, 0.15) is 76.7 Å². The van der Waals surface area contributed by atoms with Crippen LogP contribution in [0.4, 0.5) is 0 Å². The zero-order valence-electron chi connectivity index (χ0n) is 17.5. The van der Waals surface area contributed by atoms with Crippen LogP contribution in [0.5, 0.6) is 0 Å². The summed E-state index contributed by atoms with van der Waals surface area (Å²) in [4.78, 5) is 12.1. The molecule has 0 N–H and O–H groups in total. The summed E-state index contributed by atoms with van der Waals surface area (Å²) in [5.41, 5.74) is 1.72. The number of furan rings is 1. The predicted molar refractivity (Wildman–Crippen MR) is 114 cm³/mol. The monoisotopic (exact) mass is 378 g/mol. The lowest BCUT2D eigenvalue weighted by atomic mass is 10.0. The van der Waals surface area contributed by atoms with Gasteiger partial charge >= 0.3 is 5.97 Å². The van der Waals surface area contributed by atoms with Gasteiger partial charge in [0.05, 0.1) is 18.8 Å². The van der Waals surface area contributed by atoms with E-state index < -0.39 is 8.07 Å². The van der Waals surface area contributed by atoms with Gasteiger partial charge in [0.25, 0.3) is 0 Å². The third kappa shape index (κ3) is 8.88. The van der Waals surface area contributed by atoms with Crippen molar-refractivity contribution in [1.29, 1.82) is 0 Å². The molecule has 0 amide bonds. The molecule has 0 aliphatic rings. The molecule has 0 saturated heterocycles. The molecule has 0 unspecified atom stereocenters. The first kappa shape index (κ1) is 22.7. The van der Waals surface area contributed by atoms with Gasteiger partial charge in [0, 0.05) is 11.1 Å². The molecule has 26 heavy (non-hydrogen) atoms. The molecule has 0 saturated carbocycles. The van der Waals surface area contributed by atoms with Crippen LogP contribution in [-0.4, -0.2) is 21.2 Å². The average molecular weight is 379 g/mol. The first-order chi connectivity index (χ1) is 12.4. The van der Waals surface area contributed by atoms with Crippen molar-refractivity contribution in [1.82, 2.24) is 0 Å². The van der Waals surface area contributed by atoms with Crippen LogP contribution in [0.2, 0.25) is 19.6 Å². The van der Waals surface area contributed by atoms with Gasteiger partial charge in [-0.25, -0.2) is 4.79 Å². The van der Waals surface area contributed by atoms with Crippen LogP contribution in [-0.2, 0) is 9.53 Å². The minimum absolute atomic E-state index is 0.222. The van der Waals surface area contributed by atoms with Crippen molar-refractivity contribution in [3.63, 3.8) is 0 Å². The molecule has 1 rings (SSSR count). The minimum atomic E-state index is -1.46. The van der Waals surface area contributed by atoms with Crippen molar-refractivity contribution >= 4 is 25.5 Å². The van der Waals surface area contributed by atoms with E-state index in [4.69, 9.17) is 9.15 Å². The Morgan fingerprint density at radius 2 is 1.62 bits per heavy atom. The number of carbonyl (C=O) groups is 1.